The Hall–Kier alpha value is -0.660. The molecule has 7 heteroatoms. The summed E-state index contributed by atoms with van der Waals surface area (Å²) in [6.45, 7) is 0.698. The van der Waals surface area contributed by atoms with Crippen molar-refractivity contribution in [2.45, 2.75) is 18.9 Å². The first-order valence-electron chi connectivity index (χ1n) is 3.51. The van der Waals surface area contributed by atoms with Gasteiger partial charge < -0.3 is 5.32 Å². The van der Waals surface area contributed by atoms with Crippen molar-refractivity contribution in [3.05, 3.63) is 0 Å². The van der Waals surface area contributed by atoms with Crippen molar-refractivity contribution in [3.8, 4) is 0 Å². The predicted molar refractivity (Wildman–Crippen MR) is 40.7 cm³/mol. The molecule has 1 aliphatic rings. The van der Waals surface area contributed by atoms with Crippen molar-refractivity contribution >= 4 is 16.2 Å². The maximum absolute atomic E-state index is 10.9. The second-order valence-corrected chi connectivity index (χ2v) is 3.74. The highest BCUT2D eigenvalue weighted by atomic mass is 32.2. The molecular weight excluding hydrogens is 184 g/mol. The SMILES string of the molecule is O=C(NS(=O)(=O)O)[C@H]1CCCN1. The van der Waals surface area contributed by atoms with E-state index in [1.54, 1.807) is 0 Å². The second kappa shape index (κ2) is 3.38. The molecule has 0 aromatic rings. The zero-order valence-corrected chi connectivity index (χ0v) is 7.10. The monoisotopic (exact) mass is 194 g/mol. The minimum atomic E-state index is -4.40. The van der Waals surface area contributed by atoms with Gasteiger partial charge in [0.05, 0.1) is 6.04 Å². The fourth-order valence-corrected chi connectivity index (χ4v) is 1.50. The van der Waals surface area contributed by atoms with Gasteiger partial charge >= 0.3 is 10.3 Å². The molecule has 1 fully saturated rings. The van der Waals surface area contributed by atoms with E-state index in [1.165, 1.54) is 4.72 Å². The molecule has 0 aromatic carbocycles. The van der Waals surface area contributed by atoms with Crippen LogP contribution in [-0.2, 0) is 15.1 Å². The van der Waals surface area contributed by atoms with Crippen LogP contribution in [0.4, 0.5) is 0 Å². The van der Waals surface area contributed by atoms with Crippen LogP contribution in [0.15, 0.2) is 0 Å². The van der Waals surface area contributed by atoms with Gasteiger partial charge in [-0.25, -0.2) is 4.72 Å². The molecule has 1 heterocycles. The van der Waals surface area contributed by atoms with Crippen LogP contribution in [0, 0.1) is 0 Å². The summed E-state index contributed by atoms with van der Waals surface area (Å²) in [6, 6.07) is -0.494. The van der Waals surface area contributed by atoms with Crippen LogP contribution in [-0.4, -0.2) is 31.5 Å². The number of carbonyl (C=O) groups excluding carboxylic acids is 1. The van der Waals surface area contributed by atoms with Crippen molar-refractivity contribution < 1.29 is 17.8 Å². The van der Waals surface area contributed by atoms with Crippen molar-refractivity contribution in [3.63, 3.8) is 0 Å². The second-order valence-electron chi connectivity index (χ2n) is 2.59. The van der Waals surface area contributed by atoms with Crippen LogP contribution in [0.25, 0.3) is 0 Å². The number of rotatable bonds is 2. The van der Waals surface area contributed by atoms with Gasteiger partial charge in [-0.1, -0.05) is 0 Å². The summed E-state index contributed by atoms with van der Waals surface area (Å²) in [5.41, 5.74) is 0. The molecule has 1 aliphatic heterocycles. The molecule has 1 saturated heterocycles. The van der Waals surface area contributed by atoms with Gasteiger partial charge in [0.15, 0.2) is 0 Å². The minimum absolute atomic E-state index is 0.494. The summed E-state index contributed by atoms with van der Waals surface area (Å²) in [7, 11) is -4.40. The lowest BCUT2D eigenvalue weighted by Crippen LogP contribution is -2.42. The van der Waals surface area contributed by atoms with Gasteiger partial charge in [-0.05, 0) is 19.4 Å². The Morgan fingerprint density at radius 2 is 2.25 bits per heavy atom. The molecule has 70 valence electrons. The van der Waals surface area contributed by atoms with E-state index in [1.807, 2.05) is 0 Å². The Bertz CT molecular complexity index is 267. The van der Waals surface area contributed by atoms with Gasteiger partial charge in [0.1, 0.15) is 0 Å². The fraction of sp³-hybridized carbons (Fsp3) is 0.800. The Morgan fingerprint density at radius 1 is 1.58 bits per heavy atom. The molecule has 0 saturated carbocycles. The van der Waals surface area contributed by atoms with E-state index in [2.05, 4.69) is 5.32 Å². The molecule has 1 atom stereocenters. The van der Waals surface area contributed by atoms with E-state index >= 15 is 0 Å². The van der Waals surface area contributed by atoms with Crippen molar-refractivity contribution in [2.75, 3.05) is 6.54 Å². The number of hydrogen-bond acceptors (Lipinski definition) is 4. The number of amides is 1. The molecule has 1 rings (SSSR count). The van der Waals surface area contributed by atoms with Crippen LogP contribution in [0.5, 0.6) is 0 Å². The first-order chi connectivity index (χ1) is 5.49. The normalized spacial score (nSPS) is 23.9. The Kier molecular flexibility index (Phi) is 2.65. The third-order valence-electron chi connectivity index (χ3n) is 1.61. The average molecular weight is 194 g/mol. The first kappa shape index (κ1) is 9.43. The van der Waals surface area contributed by atoms with E-state index in [4.69, 9.17) is 4.55 Å². The Balaban J connectivity index is 2.48. The molecule has 0 aliphatic carbocycles. The van der Waals surface area contributed by atoms with Gasteiger partial charge in [0, 0.05) is 0 Å². The molecule has 12 heavy (non-hydrogen) atoms. The van der Waals surface area contributed by atoms with Crippen LogP contribution in [0.3, 0.4) is 0 Å². The average Bonchev–Trinajstić information content (AvgIpc) is 2.32. The highest BCUT2D eigenvalue weighted by molar-refractivity contribution is 7.84. The van der Waals surface area contributed by atoms with E-state index in [-0.39, 0.29) is 0 Å². The standard InChI is InChI=1S/C5H10N2O4S/c8-5(7-12(9,10)11)4-2-1-3-6-4/h4,6H,1-3H2,(H,7,8)(H,9,10,11)/t4-/m1/s1. The maximum atomic E-state index is 10.9. The highest BCUT2D eigenvalue weighted by Gasteiger charge is 2.24. The van der Waals surface area contributed by atoms with E-state index < -0.39 is 22.3 Å². The van der Waals surface area contributed by atoms with Gasteiger partial charge in [-0.2, -0.15) is 8.42 Å². The van der Waals surface area contributed by atoms with Gasteiger partial charge in [0.2, 0.25) is 0 Å². The topological polar surface area (TPSA) is 95.5 Å². The van der Waals surface area contributed by atoms with Crippen LogP contribution >= 0.6 is 0 Å². The Morgan fingerprint density at radius 3 is 2.67 bits per heavy atom. The zero-order chi connectivity index (χ0) is 9.19. The van der Waals surface area contributed by atoms with Gasteiger partial charge in [0.25, 0.3) is 5.91 Å². The molecule has 3 N–H and O–H groups in total. The molecule has 0 aromatic heterocycles. The summed E-state index contributed by atoms with van der Waals surface area (Å²) in [6.07, 6.45) is 1.44. The third kappa shape index (κ3) is 2.76. The van der Waals surface area contributed by atoms with Crippen molar-refractivity contribution in [2.24, 2.45) is 0 Å². The van der Waals surface area contributed by atoms with Crippen molar-refractivity contribution in [1.29, 1.82) is 0 Å². The quantitative estimate of drug-likeness (QED) is 0.473. The molecule has 1 amide bonds. The molecule has 0 radical (unpaired) electrons. The molecular formula is C5H10N2O4S. The number of carbonyl (C=O) groups is 1. The van der Waals surface area contributed by atoms with E-state index in [0.717, 1.165) is 6.42 Å². The lowest BCUT2D eigenvalue weighted by molar-refractivity contribution is -0.121. The Labute approximate surface area is 70.2 Å². The maximum Gasteiger partial charge on any atom is 0.359 e. The molecule has 0 spiro atoms. The highest BCUT2D eigenvalue weighted by Crippen LogP contribution is 2.04. The smallest absolute Gasteiger partial charge is 0.306 e. The number of nitrogens with one attached hydrogen (secondary N) is 2. The van der Waals surface area contributed by atoms with Crippen LogP contribution in [0.1, 0.15) is 12.8 Å². The summed E-state index contributed by atoms with van der Waals surface area (Å²) >= 11 is 0. The zero-order valence-electron chi connectivity index (χ0n) is 6.28. The fourth-order valence-electron chi connectivity index (χ4n) is 1.11. The van der Waals surface area contributed by atoms with Crippen molar-refractivity contribution in [1.82, 2.24) is 10.0 Å². The summed E-state index contributed by atoms with van der Waals surface area (Å²) in [5.74, 6) is -0.699. The molecule has 6 nitrogen and oxygen atoms in total. The first-order valence-corrected chi connectivity index (χ1v) is 4.95. The van der Waals surface area contributed by atoms with Crippen LogP contribution < -0.4 is 10.0 Å². The lowest BCUT2D eigenvalue weighted by Gasteiger charge is -2.07. The number of hydrogen-bond donors (Lipinski definition) is 3. The van der Waals surface area contributed by atoms with Crippen LogP contribution in [0.2, 0.25) is 0 Å². The summed E-state index contributed by atoms with van der Waals surface area (Å²) in [5, 5.41) is 2.79. The van der Waals surface area contributed by atoms with Gasteiger partial charge in [-0.3, -0.25) is 9.35 Å². The summed E-state index contributed by atoms with van der Waals surface area (Å²) < 4.78 is 30.1. The molecule has 0 unspecified atom stereocenters. The third-order valence-corrected chi connectivity index (χ3v) is 2.07. The minimum Gasteiger partial charge on any atom is -0.306 e. The van der Waals surface area contributed by atoms with Gasteiger partial charge in [-0.15, -0.1) is 0 Å². The lowest BCUT2D eigenvalue weighted by atomic mass is 10.2. The van der Waals surface area contributed by atoms with E-state index in [9.17, 15) is 13.2 Å². The predicted octanol–water partition coefficient (Wildman–Crippen LogP) is -1.34. The summed E-state index contributed by atoms with van der Waals surface area (Å²) in [4.78, 5) is 10.9. The largest absolute Gasteiger partial charge is 0.359 e. The van der Waals surface area contributed by atoms with E-state index in [0.29, 0.717) is 13.0 Å². The molecule has 0 bridgehead atoms.